The van der Waals surface area contributed by atoms with E-state index >= 15 is 0 Å². The zero-order valence-electron chi connectivity index (χ0n) is 9.34. The lowest BCUT2D eigenvalue weighted by molar-refractivity contribution is -0.384. The molecule has 1 heterocycles. The van der Waals surface area contributed by atoms with Gasteiger partial charge in [0.15, 0.2) is 0 Å². The second-order valence-corrected chi connectivity index (χ2v) is 4.38. The van der Waals surface area contributed by atoms with Crippen molar-refractivity contribution in [3.05, 3.63) is 50.7 Å². The first kappa shape index (κ1) is 13.2. The molecule has 0 spiro atoms. The van der Waals surface area contributed by atoms with E-state index in [0.29, 0.717) is 4.47 Å². The standard InChI is InChI=1S/C11H7BrFN3O3/c12-8-3-6(13)1-2-9(8)19-11-5-7(16(17)18)4-10(14)15-11/h1-5H,(H2,14,15). The number of nitro groups is 1. The largest absolute Gasteiger partial charge is 0.438 e. The van der Waals surface area contributed by atoms with Crippen LogP contribution in [0.3, 0.4) is 0 Å². The lowest BCUT2D eigenvalue weighted by atomic mass is 10.3. The molecule has 0 saturated heterocycles. The van der Waals surface area contributed by atoms with Gasteiger partial charge in [-0.1, -0.05) is 0 Å². The van der Waals surface area contributed by atoms with E-state index < -0.39 is 10.7 Å². The van der Waals surface area contributed by atoms with Gasteiger partial charge in [-0.15, -0.1) is 0 Å². The summed E-state index contributed by atoms with van der Waals surface area (Å²) in [4.78, 5) is 13.9. The number of nitrogens with two attached hydrogens (primary N) is 1. The van der Waals surface area contributed by atoms with Crippen LogP contribution in [-0.4, -0.2) is 9.91 Å². The molecule has 0 radical (unpaired) electrons. The molecule has 0 saturated carbocycles. The van der Waals surface area contributed by atoms with Gasteiger partial charge in [0.2, 0.25) is 5.88 Å². The molecule has 1 aromatic carbocycles. The second-order valence-electron chi connectivity index (χ2n) is 3.52. The number of aromatic nitrogens is 1. The molecular weight excluding hydrogens is 321 g/mol. The van der Waals surface area contributed by atoms with E-state index in [-0.39, 0.29) is 23.1 Å². The molecule has 0 bridgehead atoms. The Morgan fingerprint density at radius 3 is 2.74 bits per heavy atom. The molecular formula is C11H7BrFN3O3. The Kier molecular flexibility index (Phi) is 3.61. The maximum absolute atomic E-state index is 12.9. The highest BCUT2D eigenvalue weighted by Crippen LogP contribution is 2.31. The predicted octanol–water partition coefficient (Wildman–Crippen LogP) is 3.27. The first-order valence-corrected chi connectivity index (χ1v) is 5.80. The molecule has 2 aromatic rings. The summed E-state index contributed by atoms with van der Waals surface area (Å²) in [5, 5.41) is 10.7. The maximum atomic E-state index is 12.9. The van der Waals surface area contributed by atoms with Gasteiger partial charge in [-0.2, -0.15) is 4.98 Å². The molecule has 0 aliphatic rings. The van der Waals surface area contributed by atoms with Crippen molar-refractivity contribution in [1.29, 1.82) is 0 Å². The highest BCUT2D eigenvalue weighted by atomic mass is 79.9. The van der Waals surface area contributed by atoms with Crippen LogP contribution >= 0.6 is 15.9 Å². The highest BCUT2D eigenvalue weighted by Gasteiger charge is 2.12. The van der Waals surface area contributed by atoms with Gasteiger partial charge < -0.3 is 10.5 Å². The summed E-state index contributed by atoms with van der Waals surface area (Å²) < 4.78 is 18.6. The van der Waals surface area contributed by atoms with E-state index in [4.69, 9.17) is 10.5 Å². The van der Waals surface area contributed by atoms with Crippen LogP contribution in [0.15, 0.2) is 34.8 Å². The molecule has 6 nitrogen and oxygen atoms in total. The first-order valence-electron chi connectivity index (χ1n) is 5.00. The number of halogens is 2. The Balaban J connectivity index is 2.35. The Hall–Kier alpha value is -2.22. The number of rotatable bonds is 3. The van der Waals surface area contributed by atoms with Gasteiger partial charge >= 0.3 is 0 Å². The van der Waals surface area contributed by atoms with Gasteiger partial charge in [-0.25, -0.2) is 4.39 Å². The number of hydrogen-bond acceptors (Lipinski definition) is 5. The van der Waals surface area contributed by atoms with E-state index in [1.54, 1.807) is 0 Å². The van der Waals surface area contributed by atoms with E-state index in [1.165, 1.54) is 18.2 Å². The summed E-state index contributed by atoms with van der Waals surface area (Å²) >= 11 is 3.11. The van der Waals surface area contributed by atoms with Crippen LogP contribution in [-0.2, 0) is 0 Å². The Morgan fingerprint density at radius 2 is 2.11 bits per heavy atom. The zero-order valence-corrected chi connectivity index (χ0v) is 10.9. The van der Waals surface area contributed by atoms with Crippen molar-refractivity contribution < 1.29 is 14.1 Å². The van der Waals surface area contributed by atoms with Gasteiger partial charge in [0.1, 0.15) is 17.4 Å². The SMILES string of the molecule is Nc1cc([N+](=O)[O-])cc(Oc2ccc(F)cc2Br)n1. The van der Waals surface area contributed by atoms with E-state index in [1.807, 2.05) is 0 Å². The van der Waals surface area contributed by atoms with E-state index in [9.17, 15) is 14.5 Å². The molecule has 0 fully saturated rings. The smallest absolute Gasteiger partial charge is 0.278 e. The summed E-state index contributed by atoms with van der Waals surface area (Å²) in [6.45, 7) is 0. The van der Waals surface area contributed by atoms with Gasteiger partial charge in [-0.3, -0.25) is 10.1 Å². The molecule has 1 aromatic heterocycles. The summed E-state index contributed by atoms with van der Waals surface area (Å²) in [6, 6.07) is 6.02. The third kappa shape index (κ3) is 3.16. The molecule has 0 amide bonds. The minimum atomic E-state index is -0.607. The number of ether oxygens (including phenoxy) is 1. The average molecular weight is 328 g/mol. The fraction of sp³-hybridized carbons (Fsp3) is 0. The Morgan fingerprint density at radius 1 is 1.37 bits per heavy atom. The minimum absolute atomic E-state index is 0.0394. The van der Waals surface area contributed by atoms with Crippen LogP contribution in [0.1, 0.15) is 0 Å². The molecule has 2 rings (SSSR count). The van der Waals surface area contributed by atoms with E-state index in [2.05, 4.69) is 20.9 Å². The fourth-order valence-corrected chi connectivity index (χ4v) is 1.77. The highest BCUT2D eigenvalue weighted by molar-refractivity contribution is 9.10. The Bertz CT molecular complexity index is 651. The van der Waals surface area contributed by atoms with Crippen LogP contribution in [0.4, 0.5) is 15.9 Å². The summed E-state index contributed by atoms with van der Waals surface area (Å²) in [7, 11) is 0. The van der Waals surface area contributed by atoms with Crippen molar-refractivity contribution in [3.8, 4) is 11.6 Å². The van der Waals surface area contributed by atoms with Gasteiger partial charge in [0.25, 0.3) is 5.69 Å². The number of nitrogens with zero attached hydrogens (tertiary/aromatic N) is 2. The van der Waals surface area contributed by atoms with Crippen molar-refractivity contribution in [2.24, 2.45) is 0 Å². The number of pyridine rings is 1. The van der Waals surface area contributed by atoms with Gasteiger partial charge in [-0.05, 0) is 34.1 Å². The molecule has 0 atom stereocenters. The normalized spacial score (nSPS) is 10.2. The summed E-state index contributed by atoms with van der Waals surface area (Å²) in [5.41, 5.74) is 5.21. The monoisotopic (exact) mass is 327 g/mol. The quantitative estimate of drug-likeness (QED) is 0.690. The number of nitrogen functional groups attached to an aromatic ring is 1. The maximum Gasteiger partial charge on any atom is 0.278 e. The minimum Gasteiger partial charge on any atom is -0.438 e. The third-order valence-corrected chi connectivity index (χ3v) is 2.75. The van der Waals surface area contributed by atoms with Gasteiger partial charge in [0.05, 0.1) is 21.5 Å². The third-order valence-electron chi connectivity index (χ3n) is 2.13. The van der Waals surface area contributed by atoms with Crippen molar-refractivity contribution in [3.63, 3.8) is 0 Å². The van der Waals surface area contributed by atoms with Gasteiger partial charge in [0, 0.05) is 0 Å². The first-order chi connectivity index (χ1) is 8.95. The molecule has 0 unspecified atom stereocenters. The predicted molar refractivity (Wildman–Crippen MR) is 69.5 cm³/mol. The lowest BCUT2D eigenvalue weighted by Gasteiger charge is -2.07. The molecule has 0 aliphatic heterocycles. The zero-order chi connectivity index (χ0) is 14.0. The van der Waals surface area contributed by atoms with Crippen LogP contribution in [0.2, 0.25) is 0 Å². The Labute approximate surface area is 115 Å². The van der Waals surface area contributed by atoms with Crippen molar-refractivity contribution in [1.82, 2.24) is 4.98 Å². The molecule has 19 heavy (non-hydrogen) atoms. The van der Waals surface area contributed by atoms with E-state index in [0.717, 1.165) is 12.1 Å². The number of anilines is 1. The lowest BCUT2D eigenvalue weighted by Crippen LogP contribution is -1.97. The number of benzene rings is 1. The topological polar surface area (TPSA) is 91.3 Å². The molecule has 8 heteroatoms. The average Bonchev–Trinajstić information content (AvgIpc) is 2.32. The summed E-state index contributed by atoms with van der Waals surface area (Å²) in [6.07, 6.45) is 0. The number of hydrogen-bond donors (Lipinski definition) is 1. The second kappa shape index (κ2) is 5.19. The van der Waals surface area contributed by atoms with Crippen LogP contribution in [0, 0.1) is 15.9 Å². The van der Waals surface area contributed by atoms with Crippen molar-refractivity contribution in [2.45, 2.75) is 0 Å². The molecule has 98 valence electrons. The molecule has 0 aliphatic carbocycles. The van der Waals surface area contributed by atoms with Crippen LogP contribution in [0.5, 0.6) is 11.6 Å². The fourth-order valence-electron chi connectivity index (χ4n) is 1.34. The van der Waals surface area contributed by atoms with Crippen molar-refractivity contribution >= 4 is 27.4 Å². The molecule has 2 N–H and O–H groups in total. The van der Waals surface area contributed by atoms with Crippen molar-refractivity contribution in [2.75, 3.05) is 5.73 Å². The summed E-state index contributed by atoms with van der Waals surface area (Å²) in [5.74, 6) is -0.249. The van der Waals surface area contributed by atoms with Crippen LogP contribution < -0.4 is 10.5 Å². The van der Waals surface area contributed by atoms with Crippen LogP contribution in [0.25, 0.3) is 0 Å².